The molecule has 2 N–H and O–H groups in total. The van der Waals surface area contributed by atoms with Gasteiger partial charge in [-0.25, -0.2) is 18.7 Å². The van der Waals surface area contributed by atoms with Crippen LogP contribution in [0.15, 0.2) is 42.9 Å². The van der Waals surface area contributed by atoms with Crippen LogP contribution in [0.1, 0.15) is 35.2 Å². The number of nitrogens with zero attached hydrogens (tertiary/aromatic N) is 4. The first kappa shape index (κ1) is 21.6. The number of imidazole rings is 1. The van der Waals surface area contributed by atoms with E-state index < -0.39 is 29.7 Å². The van der Waals surface area contributed by atoms with E-state index in [1.165, 1.54) is 35.6 Å². The van der Waals surface area contributed by atoms with Gasteiger partial charge in [-0.1, -0.05) is 6.07 Å². The van der Waals surface area contributed by atoms with Gasteiger partial charge in [0, 0.05) is 29.8 Å². The summed E-state index contributed by atoms with van der Waals surface area (Å²) in [5.74, 6) is -1.78. The summed E-state index contributed by atoms with van der Waals surface area (Å²) < 4.78 is 60.7. The number of anilines is 1. The van der Waals surface area contributed by atoms with E-state index in [1.54, 1.807) is 4.40 Å². The van der Waals surface area contributed by atoms with Gasteiger partial charge >= 0.3 is 6.61 Å². The summed E-state index contributed by atoms with van der Waals surface area (Å²) in [6.07, 6.45) is 5.29. The van der Waals surface area contributed by atoms with Gasteiger partial charge in [-0.05, 0) is 37.3 Å². The van der Waals surface area contributed by atoms with Crippen molar-refractivity contribution in [1.82, 2.24) is 19.3 Å². The third-order valence-corrected chi connectivity index (χ3v) is 7.10. The van der Waals surface area contributed by atoms with Crippen LogP contribution >= 0.6 is 0 Å². The minimum atomic E-state index is -3.08. The van der Waals surface area contributed by atoms with E-state index in [2.05, 4.69) is 14.7 Å². The zero-order valence-electron chi connectivity index (χ0n) is 18.2. The number of halogens is 4. The van der Waals surface area contributed by atoms with Crippen molar-refractivity contribution in [3.8, 4) is 5.75 Å². The molecule has 0 radical (unpaired) electrons. The summed E-state index contributed by atoms with van der Waals surface area (Å²) in [4.78, 5) is 23.5. The van der Waals surface area contributed by atoms with E-state index in [0.29, 0.717) is 17.0 Å². The molecule has 2 aromatic heterocycles. The molecule has 2 bridgehead atoms. The lowest BCUT2D eigenvalue weighted by Gasteiger charge is -2.66. The summed E-state index contributed by atoms with van der Waals surface area (Å²) in [6, 6.07) is 5.93. The highest BCUT2D eigenvalue weighted by Gasteiger charge is 2.61. The van der Waals surface area contributed by atoms with Crippen LogP contribution in [-0.4, -0.2) is 37.3 Å². The molecular weight excluding hydrogens is 466 g/mol. The Kier molecular flexibility index (Phi) is 4.67. The van der Waals surface area contributed by atoms with Crippen LogP contribution < -0.4 is 10.5 Å². The number of hydrogen-bond acceptors (Lipinski definition) is 5. The minimum absolute atomic E-state index is 0.123. The lowest BCUT2D eigenvalue weighted by molar-refractivity contribution is -0.127. The van der Waals surface area contributed by atoms with Crippen LogP contribution in [0.3, 0.4) is 0 Å². The van der Waals surface area contributed by atoms with Crippen molar-refractivity contribution >= 4 is 28.3 Å². The molecule has 3 fully saturated rings. The van der Waals surface area contributed by atoms with E-state index >= 15 is 4.39 Å². The monoisotopic (exact) mass is 485 g/mol. The van der Waals surface area contributed by atoms with Crippen molar-refractivity contribution in [3.05, 3.63) is 65.6 Å². The summed E-state index contributed by atoms with van der Waals surface area (Å²) >= 11 is 0. The molecule has 1 amide bonds. The maximum absolute atomic E-state index is 15.2. The number of carbonyl (C=O) groups is 1. The standard InChI is InChI=1S/C24H19F4N5O2/c25-16-3-14(35-23(27)28)2-1-13(16)10-33(24-6-12(7-24)8-24)22(34)15-4-19-18(5-17(15)26)31-21(29)20-9-30-11-32(19)20/h1-5,9,11-12,23H,6-8,10H2,(H2,29,31). The van der Waals surface area contributed by atoms with Crippen LogP contribution in [0.4, 0.5) is 23.4 Å². The van der Waals surface area contributed by atoms with Gasteiger partial charge in [-0.2, -0.15) is 8.78 Å². The molecule has 0 unspecified atom stereocenters. The highest BCUT2D eigenvalue weighted by Crippen LogP contribution is 2.61. The van der Waals surface area contributed by atoms with Crippen LogP contribution in [0.2, 0.25) is 0 Å². The Labute approximate surface area is 196 Å². The largest absolute Gasteiger partial charge is 0.435 e. The zero-order valence-corrected chi connectivity index (χ0v) is 18.2. The Hall–Kier alpha value is -3.89. The van der Waals surface area contributed by atoms with Gasteiger partial charge in [-0.3, -0.25) is 9.20 Å². The van der Waals surface area contributed by atoms with Gasteiger partial charge in [0.15, 0.2) is 0 Å². The fourth-order valence-corrected chi connectivity index (χ4v) is 5.23. The van der Waals surface area contributed by atoms with Crippen LogP contribution in [-0.2, 0) is 6.54 Å². The lowest BCUT2D eigenvalue weighted by atomic mass is 9.49. The molecular formula is C24H19F4N5O2. The maximum Gasteiger partial charge on any atom is 0.387 e. The highest BCUT2D eigenvalue weighted by atomic mass is 19.3. The van der Waals surface area contributed by atoms with Crippen LogP contribution in [0.25, 0.3) is 16.6 Å². The average molecular weight is 485 g/mol. The van der Waals surface area contributed by atoms with E-state index in [-0.39, 0.29) is 34.8 Å². The summed E-state index contributed by atoms with van der Waals surface area (Å²) in [5.41, 5.74) is 6.64. The highest BCUT2D eigenvalue weighted by molar-refractivity contribution is 5.99. The quantitative estimate of drug-likeness (QED) is 0.406. The predicted molar refractivity (Wildman–Crippen MR) is 118 cm³/mol. The van der Waals surface area contributed by atoms with Crippen molar-refractivity contribution < 1.29 is 27.1 Å². The molecule has 7 nitrogen and oxygen atoms in total. The molecule has 3 aliphatic rings. The van der Waals surface area contributed by atoms with Crippen LogP contribution in [0, 0.1) is 17.6 Å². The minimum Gasteiger partial charge on any atom is -0.435 e. The number of nitrogen functional groups attached to an aromatic ring is 1. The number of nitrogens with two attached hydrogens (primary N) is 1. The molecule has 4 aromatic rings. The van der Waals surface area contributed by atoms with Crippen molar-refractivity contribution in [1.29, 1.82) is 0 Å². The Balaban J connectivity index is 1.39. The number of ether oxygens (including phenoxy) is 1. The first-order valence-electron chi connectivity index (χ1n) is 11.0. The summed E-state index contributed by atoms with van der Waals surface area (Å²) in [5, 5.41) is 0. The molecule has 0 saturated heterocycles. The number of hydrogen-bond donors (Lipinski definition) is 1. The molecule has 11 heteroatoms. The summed E-state index contributed by atoms with van der Waals surface area (Å²) in [7, 11) is 0. The van der Waals surface area contributed by atoms with Gasteiger partial charge in [0.1, 0.15) is 28.7 Å². The summed E-state index contributed by atoms with van der Waals surface area (Å²) in [6.45, 7) is -3.22. The molecule has 35 heavy (non-hydrogen) atoms. The number of fused-ring (bicyclic) bond motifs is 3. The van der Waals surface area contributed by atoms with Gasteiger partial charge < -0.3 is 15.4 Å². The van der Waals surface area contributed by atoms with E-state index in [0.717, 1.165) is 31.4 Å². The topological polar surface area (TPSA) is 85.8 Å². The Bertz CT molecular complexity index is 1490. The second-order valence-electron chi connectivity index (χ2n) is 9.19. The number of carbonyl (C=O) groups excluding carboxylic acids is 1. The number of alkyl halides is 2. The Morgan fingerprint density at radius 3 is 2.60 bits per heavy atom. The number of rotatable bonds is 6. The predicted octanol–water partition coefficient (Wildman–Crippen LogP) is 4.54. The first-order chi connectivity index (χ1) is 16.7. The van der Waals surface area contributed by atoms with E-state index in [4.69, 9.17) is 5.73 Å². The molecule has 7 rings (SSSR count). The van der Waals surface area contributed by atoms with Gasteiger partial charge in [0.2, 0.25) is 0 Å². The second-order valence-corrected chi connectivity index (χ2v) is 9.19. The molecule has 180 valence electrons. The third-order valence-electron chi connectivity index (χ3n) is 7.10. The maximum atomic E-state index is 15.2. The van der Waals surface area contributed by atoms with Crippen LogP contribution in [0.5, 0.6) is 5.75 Å². The molecule has 0 atom stereocenters. The molecule has 0 spiro atoms. The Morgan fingerprint density at radius 1 is 1.17 bits per heavy atom. The Morgan fingerprint density at radius 2 is 1.94 bits per heavy atom. The van der Waals surface area contributed by atoms with E-state index in [1.807, 2.05) is 0 Å². The fraction of sp³-hybridized carbons (Fsp3) is 0.292. The lowest BCUT2D eigenvalue weighted by Crippen LogP contribution is -2.69. The van der Waals surface area contributed by atoms with Crippen molar-refractivity contribution in [3.63, 3.8) is 0 Å². The van der Waals surface area contributed by atoms with Gasteiger partial charge in [0.25, 0.3) is 5.91 Å². The molecule has 3 saturated carbocycles. The third kappa shape index (κ3) is 3.36. The molecule has 2 aromatic carbocycles. The molecule has 3 aliphatic carbocycles. The zero-order chi connectivity index (χ0) is 24.5. The van der Waals surface area contributed by atoms with Gasteiger partial charge in [0.05, 0.1) is 29.1 Å². The molecule has 2 heterocycles. The average Bonchev–Trinajstić information content (AvgIpc) is 3.22. The van der Waals surface area contributed by atoms with E-state index in [9.17, 15) is 18.0 Å². The van der Waals surface area contributed by atoms with Crippen molar-refractivity contribution in [2.45, 2.75) is 38.0 Å². The second kappa shape index (κ2) is 7.56. The SMILES string of the molecule is Nc1nc2cc(F)c(C(=O)N(Cc3ccc(OC(F)F)cc3F)C34CC(C3)C4)cc2n2cncc12. The van der Waals surface area contributed by atoms with Crippen molar-refractivity contribution in [2.75, 3.05) is 5.73 Å². The molecule has 0 aliphatic heterocycles. The number of amides is 1. The normalized spacial score (nSPS) is 20.7. The fourth-order valence-electron chi connectivity index (χ4n) is 5.23. The smallest absolute Gasteiger partial charge is 0.387 e. The number of aromatic nitrogens is 3. The van der Waals surface area contributed by atoms with Gasteiger partial charge in [-0.15, -0.1) is 0 Å². The number of benzene rings is 2. The first-order valence-corrected chi connectivity index (χ1v) is 11.0. The van der Waals surface area contributed by atoms with Crippen molar-refractivity contribution in [2.24, 2.45) is 5.92 Å².